The molecule has 0 atom stereocenters. The number of carbonyl (C=O) groups is 2. The third-order valence-corrected chi connectivity index (χ3v) is 2.54. The molecule has 0 bridgehead atoms. The van der Waals surface area contributed by atoms with E-state index in [0.717, 1.165) is 0 Å². The van der Waals surface area contributed by atoms with E-state index < -0.39 is 5.72 Å². The zero-order valence-corrected chi connectivity index (χ0v) is 10.1. The molecule has 1 aliphatic carbocycles. The lowest BCUT2D eigenvalue weighted by atomic mass is 9.89. The van der Waals surface area contributed by atoms with Crippen molar-refractivity contribution in [3.8, 4) is 0 Å². The summed E-state index contributed by atoms with van der Waals surface area (Å²) in [5.74, 6) is -0.265. The fourth-order valence-corrected chi connectivity index (χ4v) is 1.91. The summed E-state index contributed by atoms with van der Waals surface area (Å²) in [6, 6.07) is 0. The summed E-state index contributed by atoms with van der Waals surface area (Å²) in [4.78, 5) is 22.6. The van der Waals surface area contributed by atoms with Crippen LogP contribution in [0.15, 0.2) is 23.3 Å². The highest BCUT2D eigenvalue weighted by Gasteiger charge is 2.38. The Morgan fingerprint density at radius 1 is 1.38 bits per heavy atom. The molecule has 0 saturated heterocycles. The Kier molecular flexibility index (Phi) is 3.65. The van der Waals surface area contributed by atoms with Crippen molar-refractivity contribution >= 4 is 11.7 Å². The molecule has 0 unspecified atom stereocenters. The van der Waals surface area contributed by atoms with Gasteiger partial charge in [-0.1, -0.05) is 0 Å². The van der Waals surface area contributed by atoms with Crippen LogP contribution in [-0.4, -0.2) is 24.0 Å². The van der Waals surface area contributed by atoms with Crippen LogP contribution in [0.5, 0.6) is 0 Å². The highest BCUT2D eigenvalue weighted by atomic mass is 16.5. The van der Waals surface area contributed by atoms with E-state index in [0.29, 0.717) is 17.8 Å². The van der Waals surface area contributed by atoms with Crippen molar-refractivity contribution in [2.45, 2.75) is 33.4 Å². The van der Waals surface area contributed by atoms with E-state index in [1.165, 1.54) is 19.1 Å². The molecule has 1 rings (SSSR count). The first kappa shape index (κ1) is 12.6. The molecule has 4 nitrogen and oxygen atoms in total. The first-order valence-corrected chi connectivity index (χ1v) is 5.26. The summed E-state index contributed by atoms with van der Waals surface area (Å²) in [6.07, 6.45) is 2.97. The smallest absolute Gasteiger partial charge is 0.219 e. The second kappa shape index (κ2) is 4.61. The Morgan fingerprint density at radius 3 is 2.25 bits per heavy atom. The van der Waals surface area contributed by atoms with Crippen LogP contribution < -0.4 is 5.32 Å². The third-order valence-electron chi connectivity index (χ3n) is 2.54. The quantitative estimate of drug-likeness (QED) is 0.734. The zero-order valence-electron chi connectivity index (χ0n) is 10.1. The van der Waals surface area contributed by atoms with Crippen LogP contribution in [0.4, 0.5) is 0 Å². The second-order valence-electron chi connectivity index (χ2n) is 3.85. The number of hydrogen-bond acceptors (Lipinski definition) is 3. The molecule has 0 radical (unpaired) electrons. The van der Waals surface area contributed by atoms with Crippen LogP contribution in [0.25, 0.3) is 0 Å². The highest BCUT2D eigenvalue weighted by Crippen LogP contribution is 2.30. The SMILES string of the molecule is CCOC1(NC(C)=O)C(C)=CC(=O)C=C1C. The maximum absolute atomic E-state index is 11.3. The van der Waals surface area contributed by atoms with Gasteiger partial charge in [-0.15, -0.1) is 0 Å². The molecule has 0 spiro atoms. The van der Waals surface area contributed by atoms with Crippen molar-refractivity contribution in [1.82, 2.24) is 5.32 Å². The van der Waals surface area contributed by atoms with Gasteiger partial charge in [0, 0.05) is 13.5 Å². The maximum atomic E-state index is 11.3. The van der Waals surface area contributed by atoms with E-state index in [1.807, 2.05) is 6.92 Å². The lowest BCUT2D eigenvalue weighted by Gasteiger charge is -2.37. The molecule has 4 heteroatoms. The van der Waals surface area contributed by atoms with Crippen molar-refractivity contribution < 1.29 is 14.3 Å². The van der Waals surface area contributed by atoms with Gasteiger partial charge in [0.05, 0.1) is 0 Å². The number of nitrogens with one attached hydrogen (secondary N) is 1. The zero-order chi connectivity index (χ0) is 12.3. The lowest BCUT2D eigenvalue weighted by Crippen LogP contribution is -2.53. The van der Waals surface area contributed by atoms with Gasteiger partial charge in [-0.25, -0.2) is 0 Å². The summed E-state index contributed by atoms with van der Waals surface area (Å²) >= 11 is 0. The lowest BCUT2D eigenvalue weighted by molar-refractivity contribution is -0.126. The van der Waals surface area contributed by atoms with Gasteiger partial charge in [-0.3, -0.25) is 9.59 Å². The standard InChI is InChI=1S/C12H17NO3/c1-5-16-12(13-10(4)14)8(2)6-11(15)7-9(12)3/h6-7H,5H2,1-4H3,(H,13,14). The summed E-state index contributed by atoms with van der Waals surface area (Å²) < 4.78 is 5.63. The normalized spacial score (nSPS) is 18.9. The average Bonchev–Trinajstić information content (AvgIpc) is 2.13. The number of amides is 1. The number of allylic oxidation sites excluding steroid dienone is 2. The molecule has 1 N–H and O–H groups in total. The highest BCUT2D eigenvalue weighted by molar-refractivity contribution is 6.02. The van der Waals surface area contributed by atoms with Gasteiger partial charge in [0.2, 0.25) is 5.91 Å². The van der Waals surface area contributed by atoms with E-state index >= 15 is 0 Å². The van der Waals surface area contributed by atoms with E-state index in [1.54, 1.807) is 13.8 Å². The van der Waals surface area contributed by atoms with E-state index in [4.69, 9.17) is 4.74 Å². The maximum Gasteiger partial charge on any atom is 0.219 e. The van der Waals surface area contributed by atoms with E-state index in [9.17, 15) is 9.59 Å². The fraction of sp³-hybridized carbons (Fsp3) is 0.500. The molecule has 0 aromatic rings. The number of ether oxygens (including phenoxy) is 1. The van der Waals surface area contributed by atoms with Gasteiger partial charge in [-0.2, -0.15) is 0 Å². The van der Waals surface area contributed by atoms with Crippen LogP contribution in [0.3, 0.4) is 0 Å². The molecule has 88 valence electrons. The molecule has 0 fully saturated rings. The minimum atomic E-state index is -0.950. The van der Waals surface area contributed by atoms with Gasteiger partial charge >= 0.3 is 0 Å². The third kappa shape index (κ3) is 2.22. The van der Waals surface area contributed by atoms with Gasteiger partial charge in [0.1, 0.15) is 0 Å². The average molecular weight is 223 g/mol. The van der Waals surface area contributed by atoms with Crippen molar-refractivity contribution in [3.05, 3.63) is 23.3 Å². The molecule has 1 aliphatic rings. The molecule has 0 aromatic carbocycles. The summed E-state index contributed by atoms with van der Waals surface area (Å²) in [5.41, 5.74) is 0.457. The van der Waals surface area contributed by atoms with Crippen LogP contribution in [0.1, 0.15) is 27.7 Å². The molecule has 0 heterocycles. The molecular formula is C12H17NO3. The molecule has 16 heavy (non-hydrogen) atoms. The largest absolute Gasteiger partial charge is 0.348 e. The Hall–Kier alpha value is -1.42. The van der Waals surface area contributed by atoms with Gasteiger partial charge in [0.25, 0.3) is 0 Å². The predicted octanol–water partition coefficient (Wildman–Crippen LogP) is 1.33. The van der Waals surface area contributed by atoms with Crippen molar-refractivity contribution in [1.29, 1.82) is 0 Å². The number of carbonyl (C=O) groups excluding carboxylic acids is 2. The van der Waals surface area contributed by atoms with Crippen molar-refractivity contribution in [3.63, 3.8) is 0 Å². The molecule has 0 aliphatic heterocycles. The minimum absolute atomic E-state index is 0.0734. The van der Waals surface area contributed by atoms with Gasteiger partial charge < -0.3 is 10.1 Å². The number of rotatable bonds is 3. The van der Waals surface area contributed by atoms with E-state index in [-0.39, 0.29) is 11.7 Å². The Morgan fingerprint density at radius 2 is 1.88 bits per heavy atom. The topological polar surface area (TPSA) is 55.4 Å². The Bertz CT molecular complexity index is 358. The predicted molar refractivity (Wildman–Crippen MR) is 60.7 cm³/mol. The molecule has 1 amide bonds. The minimum Gasteiger partial charge on any atom is -0.348 e. The summed E-state index contributed by atoms with van der Waals surface area (Å²) in [5, 5.41) is 2.77. The Balaban J connectivity index is 3.17. The molecular weight excluding hydrogens is 206 g/mol. The first-order chi connectivity index (χ1) is 7.42. The second-order valence-corrected chi connectivity index (χ2v) is 3.85. The van der Waals surface area contributed by atoms with E-state index in [2.05, 4.69) is 5.32 Å². The van der Waals surface area contributed by atoms with Crippen LogP contribution in [-0.2, 0) is 14.3 Å². The fourth-order valence-electron chi connectivity index (χ4n) is 1.91. The van der Waals surface area contributed by atoms with Crippen LogP contribution in [0.2, 0.25) is 0 Å². The van der Waals surface area contributed by atoms with Crippen molar-refractivity contribution in [2.24, 2.45) is 0 Å². The van der Waals surface area contributed by atoms with Gasteiger partial charge in [-0.05, 0) is 44.1 Å². The monoisotopic (exact) mass is 223 g/mol. The Labute approximate surface area is 95.4 Å². The molecule has 0 aromatic heterocycles. The number of hydrogen-bond donors (Lipinski definition) is 1. The number of ketones is 1. The summed E-state index contributed by atoms with van der Waals surface area (Å²) in [7, 11) is 0. The summed E-state index contributed by atoms with van der Waals surface area (Å²) in [6.45, 7) is 7.28. The molecule has 0 saturated carbocycles. The van der Waals surface area contributed by atoms with Crippen molar-refractivity contribution in [2.75, 3.05) is 6.61 Å². The van der Waals surface area contributed by atoms with Gasteiger partial charge in [0.15, 0.2) is 11.5 Å². The van der Waals surface area contributed by atoms with Crippen LogP contribution in [0, 0.1) is 0 Å². The first-order valence-electron chi connectivity index (χ1n) is 5.26. The van der Waals surface area contributed by atoms with Crippen LogP contribution >= 0.6 is 0 Å².